The van der Waals surface area contributed by atoms with Crippen LogP contribution in [0.4, 0.5) is 0 Å². The first kappa shape index (κ1) is 15.7. The molecule has 0 aliphatic rings. The molecule has 1 rings (SSSR count). The Morgan fingerprint density at radius 1 is 1.35 bits per heavy atom. The summed E-state index contributed by atoms with van der Waals surface area (Å²) in [4.78, 5) is 17.2. The van der Waals surface area contributed by atoms with E-state index >= 15 is 0 Å². The summed E-state index contributed by atoms with van der Waals surface area (Å²) in [6, 6.07) is 7.18. The van der Waals surface area contributed by atoms with E-state index < -0.39 is 0 Å². The molecule has 1 aromatic heterocycles. The van der Waals surface area contributed by atoms with Crippen LogP contribution in [0.15, 0.2) is 18.3 Å². The lowest BCUT2D eigenvalue weighted by Crippen LogP contribution is -2.36. The van der Waals surface area contributed by atoms with Gasteiger partial charge in [0.05, 0.1) is 25.0 Å². The van der Waals surface area contributed by atoms with Gasteiger partial charge in [-0.05, 0) is 12.1 Å². The van der Waals surface area contributed by atoms with Crippen molar-refractivity contribution in [1.82, 2.24) is 9.88 Å². The van der Waals surface area contributed by atoms with Gasteiger partial charge in [-0.15, -0.1) is 0 Å². The molecule has 0 unspecified atom stereocenters. The highest BCUT2D eigenvalue weighted by Crippen LogP contribution is 2.20. The molecule has 0 aromatic carbocycles. The van der Waals surface area contributed by atoms with E-state index in [4.69, 9.17) is 26.9 Å². The van der Waals surface area contributed by atoms with Crippen molar-refractivity contribution in [1.29, 1.82) is 10.5 Å². The molecule has 0 aliphatic carbocycles. The molecule has 0 bridgehead atoms. The van der Waals surface area contributed by atoms with E-state index in [2.05, 4.69) is 4.98 Å². The van der Waals surface area contributed by atoms with Crippen molar-refractivity contribution in [3.63, 3.8) is 0 Å². The number of rotatable bonds is 7. The van der Waals surface area contributed by atoms with Crippen molar-refractivity contribution in [3.05, 3.63) is 23.5 Å². The predicted octanol–water partition coefficient (Wildman–Crippen LogP) is 1.77. The van der Waals surface area contributed by atoms with E-state index in [9.17, 15) is 4.79 Å². The first-order chi connectivity index (χ1) is 9.69. The molecule has 1 amide bonds. The first-order valence-electron chi connectivity index (χ1n) is 5.94. The number of carbonyl (C=O) groups is 1. The van der Waals surface area contributed by atoms with Crippen LogP contribution < -0.4 is 4.74 Å². The monoisotopic (exact) mass is 292 g/mol. The highest BCUT2D eigenvalue weighted by molar-refractivity contribution is 6.30. The van der Waals surface area contributed by atoms with E-state index in [-0.39, 0.29) is 43.6 Å². The van der Waals surface area contributed by atoms with Crippen LogP contribution in [0.25, 0.3) is 0 Å². The molecule has 0 aliphatic heterocycles. The fourth-order valence-electron chi connectivity index (χ4n) is 1.44. The summed E-state index contributed by atoms with van der Waals surface area (Å²) in [5.74, 6) is 0.0263. The Labute approximate surface area is 122 Å². The number of hydrogen-bond acceptors (Lipinski definition) is 5. The Bertz CT molecular complexity index is 518. The summed E-state index contributed by atoms with van der Waals surface area (Å²) in [5.41, 5.74) is 0. The van der Waals surface area contributed by atoms with Gasteiger partial charge in [0.1, 0.15) is 0 Å². The summed E-state index contributed by atoms with van der Waals surface area (Å²) in [6.45, 7) is 0.352. The molecule has 1 heterocycles. The van der Waals surface area contributed by atoms with Gasteiger partial charge in [-0.3, -0.25) is 4.79 Å². The van der Waals surface area contributed by atoms with Crippen LogP contribution in [-0.2, 0) is 4.79 Å². The van der Waals surface area contributed by atoms with Crippen molar-refractivity contribution in [2.75, 3.05) is 19.7 Å². The van der Waals surface area contributed by atoms with Crippen molar-refractivity contribution in [2.45, 2.75) is 12.8 Å². The predicted molar refractivity (Wildman–Crippen MR) is 71.8 cm³/mol. The number of pyridine rings is 1. The molecule has 0 radical (unpaired) electrons. The summed E-state index contributed by atoms with van der Waals surface area (Å²) in [5, 5.41) is 17.3. The third-order valence-electron chi connectivity index (χ3n) is 2.42. The van der Waals surface area contributed by atoms with Crippen LogP contribution in [0, 0.1) is 22.7 Å². The maximum atomic E-state index is 12.0. The molecule has 0 N–H and O–H groups in total. The second kappa shape index (κ2) is 8.73. The molecule has 0 atom stereocenters. The summed E-state index contributed by atoms with van der Waals surface area (Å²) >= 11 is 5.81. The molecule has 6 nitrogen and oxygen atoms in total. The Hall–Kier alpha value is -2.31. The maximum Gasteiger partial charge on any atom is 0.260 e. The largest absolute Gasteiger partial charge is 0.481 e. The fourth-order valence-corrected chi connectivity index (χ4v) is 1.61. The van der Waals surface area contributed by atoms with E-state index in [1.165, 1.54) is 11.1 Å². The van der Waals surface area contributed by atoms with E-state index in [1.54, 1.807) is 12.1 Å². The van der Waals surface area contributed by atoms with Crippen LogP contribution in [0.3, 0.4) is 0 Å². The van der Waals surface area contributed by atoms with Crippen molar-refractivity contribution >= 4 is 17.5 Å². The molecular weight excluding hydrogens is 280 g/mol. The highest BCUT2D eigenvalue weighted by atomic mass is 35.5. The van der Waals surface area contributed by atoms with Gasteiger partial charge >= 0.3 is 0 Å². The van der Waals surface area contributed by atoms with Gasteiger partial charge in [-0.1, -0.05) is 11.6 Å². The third kappa shape index (κ3) is 5.13. The van der Waals surface area contributed by atoms with Gasteiger partial charge in [0.2, 0.25) is 0 Å². The molecule has 104 valence electrons. The quantitative estimate of drug-likeness (QED) is 0.714. The number of halogens is 1. The van der Waals surface area contributed by atoms with Gasteiger partial charge in [-0.25, -0.2) is 4.98 Å². The number of nitrogens with zero attached hydrogens (tertiary/aromatic N) is 4. The van der Waals surface area contributed by atoms with E-state index in [0.29, 0.717) is 5.75 Å². The lowest BCUT2D eigenvalue weighted by Gasteiger charge is -2.20. The third-order valence-corrected chi connectivity index (χ3v) is 2.70. The Morgan fingerprint density at radius 3 is 2.55 bits per heavy atom. The maximum absolute atomic E-state index is 12.0. The SMILES string of the molecule is N#CCCN(CCC#N)C(=O)COc1cccnc1Cl. The average Bonchev–Trinajstić information content (AvgIpc) is 2.46. The molecule has 0 spiro atoms. The highest BCUT2D eigenvalue weighted by Gasteiger charge is 2.14. The lowest BCUT2D eigenvalue weighted by atomic mass is 10.3. The molecule has 7 heteroatoms. The summed E-state index contributed by atoms with van der Waals surface area (Å²) in [6.07, 6.45) is 1.94. The van der Waals surface area contributed by atoms with Gasteiger partial charge in [0.15, 0.2) is 17.5 Å². The van der Waals surface area contributed by atoms with Crippen LogP contribution in [0.2, 0.25) is 5.15 Å². The normalized spacial score (nSPS) is 9.35. The van der Waals surface area contributed by atoms with Gasteiger partial charge < -0.3 is 9.64 Å². The number of amides is 1. The minimum Gasteiger partial charge on any atom is -0.481 e. The minimum atomic E-state index is -0.296. The second-order valence-corrected chi connectivity index (χ2v) is 4.14. The zero-order valence-corrected chi connectivity index (χ0v) is 11.5. The van der Waals surface area contributed by atoms with Crippen LogP contribution in [0.5, 0.6) is 5.75 Å². The standard InChI is InChI=1S/C13H13ClN4O2/c14-13-11(4-1-7-17-13)20-10-12(19)18(8-2-5-15)9-3-6-16/h1,4,7H,2-3,8-10H2. The number of aromatic nitrogens is 1. The minimum absolute atomic E-state index is 0.181. The molecule has 0 saturated carbocycles. The van der Waals surface area contributed by atoms with Gasteiger partial charge in [0, 0.05) is 19.3 Å². The van der Waals surface area contributed by atoms with Gasteiger partial charge in [-0.2, -0.15) is 10.5 Å². The lowest BCUT2D eigenvalue weighted by molar-refractivity contribution is -0.133. The summed E-state index contributed by atoms with van der Waals surface area (Å²) < 4.78 is 5.29. The Kier molecular flexibility index (Phi) is 6.88. The number of carbonyl (C=O) groups excluding carboxylic acids is 1. The zero-order valence-electron chi connectivity index (χ0n) is 10.8. The first-order valence-corrected chi connectivity index (χ1v) is 6.31. The molecule has 0 saturated heterocycles. The Balaban J connectivity index is 2.55. The second-order valence-electron chi connectivity index (χ2n) is 3.78. The van der Waals surface area contributed by atoms with Crippen molar-refractivity contribution in [3.8, 4) is 17.9 Å². The van der Waals surface area contributed by atoms with Crippen LogP contribution >= 0.6 is 11.6 Å². The topological polar surface area (TPSA) is 90.0 Å². The van der Waals surface area contributed by atoms with Crippen molar-refractivity contribution < 1.29 is 9.53 Å². The molecule has 0 fully saturated rings. The van der Waals surface area contributed by atoms with Crippen LogP contribution in [0.1, 0.15) is 12.8 Å². The molecular formula is C13H13ClN4O2. The molecule has 20 heavy (non-hydrogen) atoms. The average molecular weight is 293 g/mol. The fraction of sp³-hybridized carbons (Fsp3) is 0.385. The zero-order chi connectivity index (χ0) is 14.8. The Morgan fingerprint density at radius 2 is 2.00 bits per heavy atom. The van der Waals surface area contributed by atoms with E-state index in [1.807, 2.05) is 12.1 Å². The summed E-state index contributed by atoms with van der Waals surface area (Å²) in [7, 11) is 0. The molecule has 1 aromatic rings. The smallest absolute Gasteiger partial charge is 0.260 e. The van der Waals surface area contributed by atoms with E-state index in [0.717, 1.165) is 0 Å². The van der Waals surface area contributed by atoms with Crippen molar-refractivity contribution in [2.24, 2.45) is 0 Å². The number of ether oxygens (including phenoxy) is 1. The number of hydrogen-bond donors (Lipinski definition) is 0. The van der Waals surface area contributed by atoms with Crippen LogP contribution in [-0.4, -0.2) is 35.5 Å². The number of nitriles is 2. The van der Waals surface area contributed by atoms with Gasteiger partial charge in [0.25, 0.3) is 5.91 Å².